The van der Waals surface area contributed by atoms with E-state index in [4.69, 9.17) is 0 Å². The van der Waals surface area contributed by atoms with Gasteiger partial charge in [-0.05, 0) is 52.4 Å². The quantitative estimate of drug-likeness (QED) is 0.335. The van der Waals surface area contributed by atoms with Gasteiger partial charge < -0.3 is 0 Å². The number of carbonyl (C=O) groups excluding carboxylic acids is 1. The number of hydrogen-bond donors (Lipinski definition) is 0. The fraction of sp³-hybridized carbons (Fsp3) is 0.870. The summed E-state index contributed by atoms with van der Waals surface area (Å²) in [6.45, 7) is 13.6. The predicted octanol–water partition coefficient (Wildman–Crippen LogP) is 7.64. The molecule has 0 aliphatic heterocycles. The summed E-state index contributed by atoms with van der Waals surface area (Å²) in [5.41, 5.74) is 2.73. The molecule has 0 heterocycles. The van der Waals surface area contributed by atoms with Crippen molar-refractivity contribution < 1.29 is 4.79 Å². The second kappa shape index (κ2) is 9.78. The van der Waals surface area contributed by atoms with Crippen LogP contribution in [0, 0.1) is 10.8 Å². The van der Waals surface area contributed by atoms with Gasteiger partial charge in [0.2, 0.25) is 0 Å². The number of allylic oxidation sites excluding steroid dienone is 2. The van der Waals surface area contributed by atoms with E-state index in [1.165, 1.54) is 51.4 Å². The van der Waals surface area contributed by atoms with Crippen molar-refractivity contribution in [3.63, 3.8) is 0 Å². The van der Waals surface area contributed by atoms with Crippen molar-refractivity contribution in [2.24, 2.45) is 10.8 Å². The number of hydrogen-bond acceptors (Lipinski definition) is 1. The van der Waals surface area contributed by atoms with E-state index in [0.29, 0.717) is 5.78 Å². The summed E-state index contributed by atoms with van der Waals surface area (Å²) in [5, 5.41) is 0. The molecule has 0 bridgehead atoms. The lowest BCUT2D eigenvalue weighted by Gasteiger charge is -2.31. The van der Waals surface area contributed by atoms with E-state index >= 15 is 0 Å². The topological polar surface area (TPSA) is 17.1 Å². The summed E-state index contributed by atoms with van der Waals surface area (Å²) in [4.78, 5) is 13.7. The minimum absolute atomic E-state index is 0.184. The van der Waals surface area contributed by atoms with Gasteiger partial charge in [0.25, 0.3) is 0 Å². The number of carbonyl (C=O) groups is 1. The van der Waals surface area contributed by atoms with Gasteiger partial charge in [-0.2, -0.15) is 0 Å². The molecule has 1 aliphatic carbocycles. The highest BCUT2D eigenvalue weighted by atomic mass is 16.1. The average Bonchev–Trinajstić information content (AvgIpc) is 2.73. The third kappa shape index (κ3) is 4.33. The Bertz CT molecular complexity index is 395. The van der Waals surface area contributed by atoms with E-state index in [2.05, 4.69) is 41.5 Å². The van der Waals surface area contributed by atoms with Crippen molar-refractivity contribution in [1.29, 1.82) is 0 Å². The fourth-order valence-corrected chi connectivity index (χ4v) is 4.70. The van der Waals surface area contributed by atoms with Gasteiger partial charge in [0, 0.05) is 10.8 Å². The molecule has 1 heteroatoms. The molecule has 0 radical (unpaired) electrons. The molecule has 140 valence electrons. The van der Waals surface area contributed by atoms with Crippen LogP contribution in [-0.2, 0) is 4.79 Å². The largest absolute Gasteiger partial charge is 0.298 e. The molecule has 1 nitrogen and oxygen atoms in total. The molecule has 2 atom stereocenters. The standard InChI is InChI=1S/C23H42O/c1-7-11-15-19-20(16-12-8-2)23(6,18-14-10-4)21(24)22(19,5)17-13-9-3/h7-18H2,1-6H3/t22-,23-/m0/s1. The zero-order valence-electron chi connectivity index (χ0n) is 17.4. The molecule has 0 amide bonds. The van der Waals surface area contributed by atoms with Gasteiger partial charge >= 0.3 is 0 Å². The van der Waals surface area contributed by atoms with E-state index in [1.54, 1.807) is 11.1 Å². The molecule has 1 rings (SSSR count). The fourth-order valence-electron chi connectivity index (χ4n) is 4.70. The summed E-state index contributed by atoms with van der Waals surface area (Å²) in [5.74, 6) is 0.550. The second-order valence-electron chi connectivity index (χ2n) is 8.36. The Kier molecular flexibility index (Phi) is 8.74. The minimum atomic E-state index is -0.184. The van der Waals surface area contributed by atoms with E-state index in [9.17, 15) is 4.79 Å². The summed E-state index contributed by atoms with van der Waals surface area (Å²) in [7, 11) is 0. The molecule has 0 N–H and O–H groups in total. The van der Waals surface area contributed by atoms with Crippen LogP contribution >= 0.6 is 0 Å². The van der Waals surface area contributed by atoms with E-state index in [0.717, 1.165) is 25.7 Å². The first kappa shape index (κ1) is 21.5. The molecule has 0 spiro atoms. The Hall–Kier alpha value is -0.590. The minimum Gasteiger partial charge on any atom is -0.298 e. The van der Waals surface area contributed by atoms with Gasteiger partial charge in [0.1, 0.15) is 0 Å². The Morgan fingerprint density at radius 3 is 1.25 bits per heavy atom. The normalized spacial score (nSPS) is 27.3. The highest BCUT2D eigenvalue weighted by Gasteiger charge is 2.54. The number of unbranched alkanes of at least 4 members (excludes halogenated alkanes) is 4. The zero-order chi connectivity index (χ0) is 18.2. The molecule has 0 saturated heterocycles. The van der Waals surface area contributed by atoms with Gasteiger partial charge in [0.05, 0.1) is 0 Å². The van der Waals surface area contributed by atoms with Crippen LogP contribution in [0.1, 0.15) is 119 Å². The lowest BCUT2D eigenvalue weighted by atomic mass is 9.70. The van der Waals surface area contributed by atoms with Gasteiger partial charge in [-0.3, -0.25) is 4.79 Å². The second-order valence-corrected chi connectivity index (χ2v) is 8.36. The van der Waals surface area contributed by atoms with Crippen molar-refractivity contribution in [2.45, 2.75) is 119 Å². The Labute approximate surface area is 151 Å². The molecule has 0 aromatic heterocycles. The molecule has 0 unspecified atom stereocenters. The lowest BCUT2D eigenvalue weighted by Crippen LogP contribution is -2.35. The van der Waals surface area contributed by atoms with Crippen LogP contribution in [-0.4, -0.2) is 5.78 Å². The van der Waals surface area contributed by atoms with Crippen LogP contribution in [0.15, 0.2) is 11.1 Å². The van der Waals surface area contributed by atoms with Crippen molar-refractivity contribution in [3.05, 3.63) is 11.1 Å². The van der Waals surface area contributed by atoms with E-state index in [-0.39, 0.29) is 10.8 Å². The van der Waals surface area contributed by atoms with Crippen molar-refractivity contribution >= 4 is 5.78 Å². The van der Waals surface area contributed by atoms with Crippen LogP contribution in [0.2, 0.25) is 0 Å². The van der Waals surface area contributed by atoms with Gasteiger partial charge in [-0.15, -0.1) is 0 Å². The van der Waals surface area contributed by atoms with Gasteiger partial charge in [0.15, 0.2) is 5.78 Å². The van der Waals surface area contributed by atoms with E-state index in [1.807, 2.05) is 0 Å². The molecule has 0 aromatic rings. The average molecular weight is 335 g/mol. The van der Waals surface area contributed by atoms with Crippen LogP contribution in [0.25, 0.3) is 0 Å². The number of rotatable bonds is 12. The van der Waals surface area contributed by atoms with Crippen molar-refractivity contribution in [2.75, 3.05) is 0 Å². The van der Waals surface area contributed by atoms with Crippen molar-refractivity contribution in [1.82, 2.24) is 0 Å². The van der Waals surface area contributed by atoms with Crippen LogP contribution in [0.3, 0.4) is 0 Å². The molecule has 1 aliphatic rings. The third-order valence-corrected chi connectivity index (χ3v) is 6.32. The Morgan fingerprint density at radius 2 is 0.958 bits per heavy atom. The maximum atomic E-state index is 13.7. The van der Waals surface area contributed by atoms with Gasteiger partial charge in [-0.25, -0.2) is 0 Å². The van der Waals surface area contributed by atoms with Crippen LogP contribution in [0.5, 0.6) is 0 Å². The smallest absolute Gasteiger partial charge is 0.152 e. The molecule has 24 heavy (non-hydrogen) atoms. The highest BCUT2D eigenvalue weighted by Crippen LogP contribution is 2.57. The SMILES string of the molecule is CCCCC1=C(CCCC)[C@](C)(CCCC)C(=O)[C@@]1(C)CCCC. The van der Waals surface area contributed by atoms with Crippen LogP contribution in [0.4, 0.5) is 0 Å². The summed E-state index contributed by atoms with van der Waals surface area (Å²) < 4.78 is 0. The van der Waals surface area contributed by atoms with E-state index < -0.39 is 0 Å². The molecule has 0 aromatic carbocycles. The zero-order valence-corrected chi connectivity index (χ0v) is 17.4. The summed E-state index contributed by atoms with van der Waals surface area (Å²) in [6, 6.07) is 0. The summed E-state index contributed by atoms with van der Waals surface area (Å²) in [6.07, 6.45) is 14.0. The number of ketones is 1. The molecular weight excluding hydrogens is 292 g/mol. The maximum absolute atomic E-state index is 13.7. The Balaban J connectivity index is 3.32. The molecule has 0 fully saturated rings. The first-order valence-corrected chi connectivity index (χ1v) is 10.7. The highest BCUT2D eigenvalue weighted by molar-refractivity contribution is 5.98. The van der Waals surface area contributed by atoms with Crippen molar-refractivity contribution in [3.8, 4) is 0 Å². The predicted molar refractivity (Wildman–Crippen MR) is 106 cm³/mol. The Morgan fingerprint density at radius 1 is 0.625 bits per heavy atom. The lowest BCUT2D eigenvalue weighted by molar-refractivity contribution is -0.132. The first-order chi connectivity index (χ1) is 11.4. The first-order valence-electron chi connectivity index (χ1n) is 10.7. The monoisotopic (exact) mass is 334 g/mol. The number of Topliss-reactive ketones (excluding diaryl/α,β-unsaturated/α-hetero) is 1. The van der Waals surface area contributed by atoms with Gasteiger partial charge in [-0.1, -0.05) is 77.4 Å². The third-order valence-electron chi connectivity index (χ3n) is 6.32. The maximum Gasteiger partial charge on any atom is 0.152 e. The molecule has 0 saturated carbocycles. The summed E-state index contributed by atoms with van der Waals surface area (Å²) >= 11 is 0. The molecular formula is C23H42O. The van der Waals surface area contributed by atoms with Crippen LogP contribution < -0.4 is 0 Å².